The number of benzene rings is 1. The summed E-state index contributed by atoms with van der Waals surface area (Å²) in [6, 6.07) is 8.42. The van der Waals surface area contributed by atoms with Gasteiger partial charge in [-0.3, -0.25) is 0 Å². The molecule has 1 rings (SSSR count). The summed E-state index contributed by atoms with van der Waals surface area (Å²) in [6.45, 7) is 6.21. The van der Waals surface area contributed by atoms with Gasteiger partial charge in [-0.05, 0) is 31.9 Å². The molecule has 0 saturated carbocycles. The number of rotatable bonds is 4. The molecule has 0 aliphatic carbocycles. The first-order valence-electron chi connectivity index (χ1n) is 5.23. The van der Waals surface area contributed by atoms with E-state index in [0.717, 1.165) is 17.7 Å². The molecule has 15 heavy (non-hydrogen) atoms. The molecule has 0 fully saturated rings. The lowest BCUT2D eigenvalue weighted by Gasteiger charge is -2.13. The summed E-state index contributed by atoms with van der Waals surface area (Å²) in [7, 11) is 0. The highest BCUT2D eigenvalue weighted by molar-refractivity contribution is 9.11. The van der Waals surface area contributed by atoms with Gasteiger partial charge in [-0.15, -0.1) is 0 Å². The van der Waals surface area contributed by atoms with Crippen molar-refractivity contribution < 1.29 is 4.74 Å². The molecule has 1 nitrogen and oxygen atoms in total. The Bertz CT molecular complexity index is 342. The first-order valence-corrected chi connectivity index (χ1v) is 6.15. The van der Waals surface area contributed by atoms with Crippen LogP contribution < -0.4 is 0 Å². The van der Waals surface area contributed by atoms with Crippen LogP contribution in [0, 0.1) is 0 Å². The standard InChI is InChI=1S/C13H17BrO/c1-4-11-6-5-7-12(8-11)13(9-14)15-10(2)3/h5-10H,4H2,1-3H3. The lowest BCUT2D eigenvalue weighted by Crippen LogP contribution is -2.01. The maximum absolute atomic E-state index is 5.70. The molecule has 0 saturated heterocycles. The molecule has 0 heterocycles. The Labute approximate surface area is 100 Å². The molecule has 0 atom stereocenters. The SMILES string of the molecule is CCc1cccc(C(=CBr)OC(C)C)c1. The smallest absolute Gasteiger partial charge is 0.133 e. The van der Waals surface area contributed by atoms with Crippen molar-refractivity contribution in [1.29, 1.82) is 0 Å². The second-order valence-electron chi connectivity index (χ2n) is 3.69. The fraction of sp³-hybridized carbons (Fsp3) is 0.385. The summed E-state index contributed by atoms with van der Waals surface area (Å²) in [5, 5.41) is 0. The van der Waals surface area contributed by atoms with Crippen LogP contribution in [0.2, 0.25) is 0 Å². The van der Waals surface area contributed by atoms with Crippen LogP contribution in [0.15, 0.2) is 29.3 Å². The van der Waals surface area contributed by atoms with Crippen LogP contribution in [-0.2, 0) is 11.2 Å². The summed E-state index contributed by atoms with van der Waals surface area (Å²) < 4.78 is 5.70. The molecule has 0 radical (unpaired) electrons. The van der Waals surface area contributed by atoms with Gasteiger partial charge in [0.25, 0.3) is 0 Å². The van der Waals surface area contributed by atoms with Gasteiger partial charge >= 0.3 is 0 Å². The van der Waals surface area contributed by atoms with E-state index in [4.69, 9.17) is 4.74 Å². The quantitative estimate of drug-likeness (QED) is 0.737. The van der Waals surface area contributed by atoms with Crippen LogP contribution in [-0.4, -0.2) is 6.10 Å². The van der Waals surface area contributed by atoms with Gasteiger partial charge in [0, 0.05) is 10.5 Å². The summed E-state index contributed by atoms with van der Waals surface area (Å²) in [6.07, 6.45) is 1.24. The molecule has 2 heteroatoms. The van der Waals surface area contributed by atoms with E-state index >= 15 is 0 Å². The van der Waals surface area contributed by atoms with Crippen molar-refractivity contribution in [3.63, 3.8) is 0 Å². The highest BCUT2D eigenvalue weighted by atomic mass is 79.9. The van der Waals surface area contributed by atoms with Crippen molar-refractivity contribution in [2.75, 3.05) is 0 Å². The molecule has 0 spiro atoms. The van der Waals surface area contributed by atoms with Crippen molar-refractivity contribution in [3.8, 4) is 0 Å². The first-order chi connectivity index (χ1) is 7.17. The molecule has 0 unspecified atom stereocenters. The van der Waals surface area contributed by atoms with E-state index < -0.39 is 0 Å². The number of halogens is 1. The molecular formula is C13H17BrO. The topological polar surface area (TPSA) is 9.23 Å². The van der Waals surface area contributed by atoms with Crippen LogP contribution in [0.3, 0.4) is 0 Å². The summed E-state index contributed by atoms with van der Waals surface area (Å²) in [4.78, 5) is 1.84. The predicted octanol–water partition coefficient (Wildman–Crippen LogP) is 4.37. The Hall–Kier alpha value is -0.760. The van der Waals surface area contributed by atoms with E-state index in [1.807, 2.05) is 18.8 Å². The first kappa shape index (κ1) is 12.3. The fourth-order valence-electron chi connectivity index (χ4n) is 1.36. The largest absolute Gasteiger partial charge is 0.490 e. The van der Waals surface area contributed by atoms with E-state index in [0.29, 0.717) is 0 Å². The Morgan fingerprint density at radius 1 is 1.47 bits per heavy atom. The van der Waals surface area contributed by atoms with Crippen molar-refractivity contribution in [2.45, 2.75) is 33.3 Å². The van der Waals surface area contributed by atoms with Gasteiger partial charge in [-0.1, -0.05) is 41.1 Å². The van der Waals surface area contributed by atoms with Gasteiger partial charge in [0.1, 0.15) is 5.76 Å². The van der Waals surface area contributed by atoms with E-state index in [-0.39, 0.29) is 6.10 Å². The zero-order valence-electron chi connectivity index (χ0n) is 9.46. The summed E-state index contributed by atoms with van der Waals surface area (Å²) in [5.74, 6) is 0.889. The Morgan fingerprint density at radius 2 is 2.20 bits per heavy atom. The zero-order valence-corrected chi connectivity index (χ0v) is 11.0. The lowest BCUT2D eigenvalue weighted by atomic mass is 10.1. The Morgan fingerprint density at radius 3 is 2.73 bits per heavy atom. The van der Waals surface area contributed by atoms with E-state index in [1.165, 1.54) is 5.56 Å². The second-order valence-corrected chi connectivity index (χ2v) is 4.15. The number of hydrogen-bond donors (Lipinski definition) is 0. The van der Waals surface area contributed by atoms with Gasteiger partial charge < -0.3 is 4.74 Å². The predicted molar refractivity (Wildman–Crippen MR) is 68.9 cm³/mol. The molecule has 1 aromatic rings. The molecule has 0 N–H and O–H groups in total. The minimum atomic E-state index is 0.194. The fourth-order valence-corrected chi connectivity index (χ4v) is 1.73. The number of hydrogen-bond acceptors (Lipinski definition) is 1. The molecular weight excluding hydrogens is 252 g/mol. The van der Waals surface area contributed by atoms with E-state index in [2.05, 4.69) is 47.1 Å². The molecule has 82 valence electrons. The normalized spacial score (nSPS) is 11.9. The third kappa shape index (κ3) is 3.71. The second kappa shape index (κ2) is 5.96. The van der Waals surface area contributed by atoms with Crippen LogP contribution in [0.5, 0.6) is 0 Å². The monoisotopic (exact) mass is 268 g/mol. The Kier molecular flexibility index (Phi) is 4.89. The van der Waals surface area contributed by atoms with Crippen molar-refractivity contribution in [1.82, 2.24) is 0 Å². The van der Waals surface area contributed by atoms with Crippen molar-refractivity contribution in [2.24, 2.45) is 0 Å². The summed E-state index contributed by atoms with van der Waals surface area (Å²) >= 11 is 3.34. The lowest BCUT2D eigenvalue weighted by molar-refractivity contribution is 0.204. The average Bonchev–Trinajstić information content (AvgIpc) is 2.25. The minimum absolute atomic E-state index is 0.194. The van der Waals surface area contributed by atoms with Crippen LogP contribution in [0.4, 0.5) is 0 Å². The molecule has 0 aliphatic rings. The maximum Gasteiger partial charge on any atom is 0.133 e. The third-order valence-corrected chi connectivity index (χ3v) is 2.50. The van der Waals surface area contributed by atoms with Crippen LogP contribution >= 0.6 is 15.9 Å². The van der Waals surface area contributed by atoms with E-state index in [9.17, 15) is 0 Å². The average molecular weight is 269 g/mol. The maximum atomic E-state index is 5.70. The van der Waals surface area contributed by atoms with Gasteiger partial charge in [0.05, 0.1) is 6.10 Å². The molecule has 1 aromatic carbocycles. The van der Waals surface area contributed by atoms with Gasteiger partial charge in [-0.25, -0.2) is 0 Å². The van der Waals surface area contributed by atoms with Gasteiger partial charge in [-0.2, -0.15) is 0 Å². The van der Waals surface area contributed by atoms with Crippen molar-refractivity contribution >= 4 is 21.7 Å². The van der Waals surface area contributed by atoms with Gasteiger partial charge in [0.15, 0.2) is 0 Å². The van der Waals surface area contributed by atoms with Crippen molar-refractivity contribution in [3.05, 3.63) is 40.4 Å². The van der Waals surface area contributed by atoms with Gasteiger partial charge in [0.2, 0.25) is 0 Å². The zero-order chi connectivity index (χ0) is 11.3. The number of aryl methyl sites for hydroxylation is 1. The Balaban J connectivity index is 2.92. The highest BCUT2D eigenvalue weighted by Gasteiger charge is 2.04. The summed E-state index contributed by atoms with van der Waals surface area (Å²) in [5.41, 5.74) is 2.45. The number of ether oxygens (including phenoxy) is 1. The molecule has 0 aromatic heterocycles. The minimum Gasteiger partial charge on any atom is -0.490 e. The molecule has 0 bridgehead atoms. The van der Waals surface area contributed by atoms with Crippen LogP contribution in [0.1, 0.15) is 31.9 Å². The highest BCUT2D eigenvalue weighted by Crippen LogP contribution is 2.20. The van der Waals surface area contributed by atoms with E-state index in [1.54, 1.807) is 0 Å². The molecule has 0 aliphatic heterocycles. The van der Waals surface area contributed by atoms with Crippen LogP contribution in [0.25, 0.3) is 5.76 Å². The molecule has 0 amide bonds. The third-order valence-electron chi connectivity index (χ3n) is 2.08.